The fourth-order valence-corrected chi connectivity index (χ4v) is 3.59. The quantitative estimate of drug-likeness (QED) is 0.875. The second kappa shape index (κ2) is 6.59. The number of nitrogens with zero attached hydrogens (tertiary/aromatic N) is 1. The van der Waals surface area contributed by atoms with Crippen LogP contribution in [0.4, 0.5) is 4.79 Å². The van der Waals surface area contributed by atoms with E-state index in [2.05, 4.69) is 18.4 Å². The highest BCUT2D eigenvalue weighted by atomic mass is 32.1. The Labute approximate surface area is 124 Å². The molecule has 4 nitrogen and oxygen atoms in total. The van der Waals surface area contributed by atoms with Crippen LogP contribution < -0.4 is 0 Å². The fraction of sp³-hybridized carbons (Fsp3) is 0.667. The zero-order valence-electron chi connectivity index (χ0n) is 12.2. The van der Waals surface area contributed by atoms with Gasteiger partial charge in [-0.25, -0.2) is 4.79 Å². The summed E-state index contributed by atoms with van der Waals surface area (Å²) in [6, 6.07) is 2.23. The number of likely N-dealkylation sites (tertiary alicyclic amines) is 1. The van der Waals surface area contributed by atoms with E-state index in [0.29, 0.717) is 26.3 Å². The standard InChI is InChI=1S/C15H23NO3S/c1-3-19-11-15(6-7-16(10-15)14(17)18)5-4-13-8-12(2)20-9-13/h8-9H,3-7,10-11H2,1-2H3,(H,17,18)/t15-/m1/s1. The average molecular weight is 297 g/mol. The van der Waals surface area contributed by atoms with E-state index in [0.717, 1.165) is 19.3 Å². The number of thiophene rings is 1. The molecule has 0 bridgehead atoms. The summed E-state index contributed by atoms with van der Waals surface area (Å²) >= 11 is 1.77. The Bertz CT molecular complexity index is 460. The SMILES string of the molecule is CCOC[C@]1(CCc2csc(C)c2)CCN(C(=O)O)C1. The van der Waals surface area contributed by atoms with Gasteiger partial charge in [0.15, 0.2) is 0 Å². The molecule has 0 radical (unpaired) electrons. The summed E-state index contributed by atoms with van der Waals surface area (Å²) in [5, 5.41) is 11.3. The van der Waals surface area contributed by atoms with Gasteiger partial charge in [-0.1, -0.05) is 0 Å². The van der Waals surface area contributed by atoms with E-state index in [-0.39, 0.29) is 5.41 Å². The van der Waals surface area contributed by atoms with Gasteiger partial charge in [-0.05, 0) is 50.1 Å². The summed E-state index contributed by atoms with van der Waals surface area (Å²) in [4.78, 5) is 14.0. The largest absolute Gasteiger partial charge is 0.465 e. The number of carbonyl (C=O) groups is 1. The second-order valence-corrected chi connectivity index (χ2v) is 6.77. The molecule has 5 heteroatoms. The van der Waals surface area contributed by atoms with E-state index in [9.17, 15) is 4.79 Å². The minimum Gasteiger partial charge on any atom is -0.465 e. The molecule has 1 N–H and O–H groups in total. The highest BCUT2D eigenvalue weighted by Crippen LogP contribution is 2.36. The van der Waals surface area contributed by atoms with Crippen molar-refractivity contribution in [2.45, 2.75) is 33.1 Å². The Kier molecular flexibility index (Phi) is 5.05. The Balaban J connectivity index is 1.98. The van der Waals surface area contributed by atoms with Crippen molar-refractivity contribution < 1.29 is 14.6 Å². The molecule has 0 aliphatic carbocycles. The number of aryl methyl sites for hydroxylation is 2. The third kappa shape index (κ3) is 3.73. The van der Waals surface area contributed by atoms with Gasteiger partial charge in [-0.2, -0.15) is 0 Å². The van der Waals surface area contributed by atoms with Gasteiger partial charge in [0, 0.05) is 30.0 Å². The first kappa shape index (κ1) is 15.3. The van der Waals surface area contributed by atoms with Crippen molar-refractivity contribution in [3.63, 3.8) is 0 Å². The van der Waals surface area contributed by atoms with Gasteiger partial charge in [-0.15, -0.1) is 11.3 Å². The van der Waals surface area contributed by atoms with Crippen LogP contribution in [0.25, 0.3) is 0 Å². The van der Waals surface area contributed by atoms with Crippen LogP contribution in [0.2, 0.25) is 0 Å². The Morgan fingerprint density at radius 1 is 1.60 bits per heavy atom. The molecule has 0 saturated carbocycles. The average Bonchev–Trinajstić information content (AvgIpc) is 3.02. The maximum Gasteiger partial charge on any atom is 0.407 e. The van der Waals surface area contributed by atoms with Gasteiger partial charge in [0.2, 0.25) is 0 Å². The lowest BCUT2D eigenvalue weighted by Gasteiger charge is -2.28. The van der Waals surface area contributed by atoms with Gasteiger partial charge < -0.3 is 14.7 Å². The summed E-state index contributed by atoms with van der Waals surface area (Å²) in [6.07, 6.45) is 2.09. The molecule has 1 aromatic heterocycles. The molecule has 1 saturated heterocycles. The van der Waals surface area contributed by atoms with Gasteiger partial charge in [0.25, 0.3) is 0 Å². The van der Waals surface area contributed by atoms with Crippen LogP contribution in [0.1, 0.15) is 30.2 Å². The van der Waals surface area contributed by atoms with Crippen molar-refractivity contribution in [2.24, 2.45) is 5.41 Å². The van der Waals surface area contributed by atoms with Crippen LogP contribution >= 0.6 is 11.3 Å². The summed E-state index contributed by atoms with van der Waals surface area (Å²) in [7, 11) is 0. The predicted octanol–water partition coefficient (Wildman–Crippen LogP) is 3.40. The monoisotopic (exact) mass is 297 g/mol. The highest BCUT2D eigenvalue weighted by molar-refractivity contribution is 7.10. The number of ether oxygens (including phenoxy) is 1. The van der Waals surface area contributed by atoms with Crippen molar-refractivity contribution in [3.05, 3.63) is 21.9 Å². The lowest BCUT2D eigenvalue weighted by Crippen LogP contribution is -2.34. The molecule has 2 rings (SSSR count). The van der Waals surface area contributed by atoms with Gasteiger partial charge >= 0.3 is 6.09 Å². The number of hydrogen-bond donors (Lipinski definition) is 1. The Hall–Kier alpha value is -1.07. The van der Waals surface area contributed by atoms with E-state index < -0.39 is 6.09 Å². The third-order valence-electron chi connectivity index (χ3n) is 4.05. The summed E-state index contributed by atoms with van der Waals surface area (Å²) in [5.41, 5.74) is 1.35. The zero-order chi connectivity index (χ0) is 14.6. The molecule has 1 amide bonds. The number of rotatable bonds is 6. The van der Waals surface area contributed by atoms with Crippen molar-refractivity contribution in [3.8, 4) is 0 Å². The van der Waals surface area contributed by atoms with Crippen LogP contribution in [0.5, 0.6) is 0 Å². The van der Waals surface area contributed by atoms with Gasteiger partial charge in [0.05, 0.1) is 6.61 Å². The maximum absolute atomic E-state index is 11.1. The normalized spacial score (nSPS) is 22.4. The van der Waals surface area contributed by atoms with Crippen molar-refractivity contribution in [1.82, 2.24) is 4.90 Å². The van der Waals surface area contributed by atoms with Crippen molar-refractivity contribution in [1.29, 1.82) is 0 Å². The van der Waals surface area contributed by atoms with Crippen LogP contribution in [-0.4, -0.2) is 42.4 Å². The van der Waals surface area contributed by atoms with E-state index in [1.54, 1.807) is 11.3 Å². The molecule has 1 atom stereocenters. The van der Waals surface area contributed by atoms with Gasteiger partial charge in [-0.3, -0.25) is 0 Å². The molecule has 1 aromatic rings. The number of carboxylic acid groups (broad SMARTS) is 1. The van der Waals surface area contributed by atoms with Gasteiger partial charge in [0.1, 0.15) is 0 Å². The molecule has 0 unspecified atom stereocenters. The summed E-state index contributed by atoms with van der Waals surface area (Å²) in [6.45, 7) is 6.69. The molecular formula is C15H23NO3S. The first-order chi connectivity index (χ1) is 9.54. The lowest BCUT2D eigenvalue weighted by atomic mass is 9.82. The summed E-state index contributed by atoms with van der Waals surface area (Å²) in [5.74, 6) is 0. The molecule has 1 aliphatic rings. The molecule has 2 heterocycles. The van der Waals surface area contributed by atoms with E-state index in [1.165, 1.54) is 15.3 Å². The van der Waals surface area contributed by atoms with Crippen LogP contribution in [0.3, 0.4) is 0 Å². The number of hydrogen-bond acceptors (Lipinski definition) is 3. The molecule has 112 valence electrons. The zero-order valence-corrected chi connectivity index (χ0v) is 13.0. The maximum atomic E-state index is 11.1. The first-order valence-corrected chi connectivity index (χ1v) is 8.02. The first-order valence-electron chi connectivity index (χ1n) is 7.14. The van der Waals surface area contributed by atoms with E-state index in [1.807, 2.05) is 6.92 Å². The smallest absolute Gasteiger partial charge is 0.407 e. The van der Waals surface area contributed by atoms with E-state index >= 15 is 0 Å². The molecule has 0 aromatic carbocycles. The van der Waals surface area contributed by atoms with Crippen LogP contribution in [0, 0.1) is 12.3 Å². The Morgan fingerprint density at radius 3 is 2.95 bits per heavy atom. The predicted molar refractivity (Wildman–Crippen MR) is 80.5 cm³/mol. The molecule has 0 spiro atoms. The highest BCUT2D eigenvalue weighted by Gasteiger charge is 2.39. The molecule has 20 heavy (non-hydrogen) atoms. The minimum atomic E-state index is -0.810. The molecular weight excluding hydrogens is 274 g/mol. The van der Waals surface area contributed by atoms with Crippen molar-refractivity contribution >= 4 is 17.4 Å². The van der Waals surface area contributed by atoms with E-state index in [4.69, 9.17) is 9.84 Å². The lowest BCUT2D eigenvalue weighted by molar-refractivity contribution is 0.0495. The Morgan fingerprint density at radius 2 is 2.40 bits per heavy atom. The van der Waals surface area contributed by atoms with Crippen LogP contribution in [0.15, 0.2) is 11.4 Å². The number of amides is 1. The third-order valence-corrected chi connectivity index (χ3v) is 4.96. The molecule has 1 fully saturated rings. The minimum absolute atomic E-state index is 0.00968. The second-order valence-electron chi connectivity index (χ2n) is 5.66. The fourth-order valence-electron chi connectivity index (χ4n) is 2.85. The topological polar surface area (TPSA) is 49.8 Å². The summed E-state index contributed by atoms with van der Waals surface area (Å²) < 4.78 is 5.63. The van der Waals surface area contributed by atoms with Crippen molar-refractivity contribution in [2.75, 3.05) is 26.3 Å². The molecule has 1 aliphatic heterocycles. The van der Waals surface area contributed by atoms with Crippen LogP contribution in [-0.2, 0) is 11.2 Å².